The Bertz CT molecular complexity index is 1230. The molecule has 0 aromatic heterocycles. The number of carbonyl (C=O) groups is 2. The maximum atomic E-state index is 14.0. The maximum absolute atomic E-state index is 14.0. The molecule has 183 valence electrons. The normalized spacial score (nSPS) is 12.7. The minimum atomic E-state index is -3.54. The fourth-order valence-electron chi connectivity index (χ4n) is 3.33. The molecule has 0 spiro atoms. The molecule has 1 atom stereocenters. The second-order valence-electron chi connectivity index (χ2n) is 7.89. The largest absolute Gasteiger partial charge is 0.469 e. The predicted octanol–water partition coefficient (Wildman–Crippen LogP) is 6.29. The highest BCUT2D eigenvalue weighted by Gasteiger charge is 2.32. The summed E-state index contributed by atoms with van der Waals surface area (Å²) in [4.78, 5) is 24.6. The van der Waals surface area contributed by atoms with E-state index in [1.165, 1.54) is 6.08 Å². The van der Waals surface area contributed by atoms with Crippen LogP contribution in [0.5, 0.6) is 5.75 Å². The fourth-order valence-corrected chi connectivity index (χ4v) is 7.76. The number of benzene rings is 3. The molecule has 0 saturated carbocycles. The Labute approximate surface area is 207 Å². The molecule has 0 heterocycles. The second kappa shape index (κ2) is 12.5. The average Bonchev–Trinajstić information content (AvgIpc) is 2.85. The molecule has 7 nitrogen and oxygen atoms in total. The van der Waals surface area contributed by atoms with Gasteiger partial charge in [-0.3, -0.25) is 9.36 Å². The van der Waals surface area contributed by atoms with E-state index in [0.29, 0.717) is 24.3 Å². The van der Waals surface area contributed by atoms with Gasteiger partial charge in [0.15, 0.2) is 0 Å². The van der Waals surface area contributed by atoms with Gasteiger partial charge in [0.2, 0.25) is 0 Å². The molecular formula is C26H29NO6PSi. The summed E-state index contributed by atoms with van der Waals surface area (Å²) < 4.78 is 33.2. The van der Waals surface area contributed by atoms with E-state index >= 15 is 0 Å². The number of nitrogens with one attached hydrogen (secondary N) is 1. The van der Waals surface area contributed by atoms with Crippen molar-refractivity contribution in [3.63, 3.8) is 0 Å². The lowest BCUT2D eigenvalue weighted by Gasteiger charge is -2.23. The van der Waals surface area contributed by atoms with E-state index in [4.69, 9.17) is 14.0 Å². The number of fused-ring (bicyclic) bond motifs is 1. The molecule has 9 heteroatoms. The fraction of sp³-hybridized carbons (Fsp3) is 0.231. The summed E-state index contributed by atoms with van der Waals surface area (Å²) in [7, 11) is -5.51. The topological polar surface area (TPSA) is 90.9 Å². The van der Waals surface area contributed by atoms with Crippen LogP contribution in [-0.4, -0.2) is 33.7 Å². The SMILES string of the molecule is C=CCOC(=O)c1ccc2ccc(CP(=O)(N[Si](C)C(=O)OCCC)Oc3ccccc3)cc2c1. The smallest absolute Gasteiger partial charge is 0.338 e. The van der Waals surface area contributed by atoms with Gasteiger partial charge in [-0.05, 0) is 53.6 Å². The average molecular weight is 511 g/mol. The Morgan fingerprint density at radius 1 is 1.03 bits per heavy atom. The molecular weight excluding hydrogens is 481 g/mol. The third-order valence-electron chi connectivity index (χ3n) is 4.94. The van der Waals surface area contributed by atoms with E-state index in [1.54, 1.807) is 42.9 Å². The third-order valence-corrected chi connectivity index (χ3v) is 9.69. The first kappa shape index (κ1) is 26.4. The lowest BCUT2D eigenvalue weighted by atomic mass is 10.0. The van der Waals surface area contributed by atoms with Gasteiger partial charge in [-0.15, -0.1) is 0 Å². The minimum Gasteiger partial charge on any atom is -0.469 e. The molecule has 3 rings (SSSR count). The van der Waals surface area contributed by atoms with Crippen LogP contribution in [0.2, 0.25) is 6.55 Å². The molecule has 3 aromatic rings. The third kappa shape index (κ3) is 7.65. The summed E-state index contributed by atoms with van der Waals surface area (Å²) in [5.74, 6) is -0.00568. The van der Waals surface area contributed by atoms with Gasteiger partial charge in [0.25, 0.3) is 14.6 Å². The van der Waals surface area contributed by atoms with Gasteiger partial charge in [-0.25, -0.2) is 9.55 Å². The van der Waals surface area contributed by atoms with Crippen LogP contribution in [-0.2, 0) is 20.2 Å². The van der Waals surface area contributed by atoms with Gasteiger partial charge in [0, 0.05) is 0 Å². The number of rotatable bonds is 12. The number of ether oxygens (including phenoxy) is 2. The van der Waals surface area contributed by atoms with Crippen molar-refractivity contribution in [1.29, 1.82) is 0 Å². The zero-order valence-corrected chi connectivity index (χ0v) is 21.8. The van der Waals surface area contributed by atoms with E-state index in [-0.39, 0.29) is 12.8 Å². The van der Waals surface area contributed by atoms with E-state index in [9.17, 15) is 14.2 Å². The first-order valence-corrected chi connectivity index (χ1v) is 15.1. The first-order valence-electron chi connectivity index (χ1n) is 11.3. The second-order valence-corrected chi connectivity index (χ2v) is 12.3. The Kier molecular flexibility index (Phi) is 9.43. The van der Waals surface area contributed by atoms with Crippen LogP contribution in [0.4, 0.5) is 4.79 Å². The molecule has 1 unspecified atom stereocenters. The maximum Gasteiger partial charge on any atom is 0.338 e. The number of para-hydroxylation sites is 1. The van der Waals surface area contributed by atoms with Crippen LogP contribution in [0.1, 0.15) is 29.3 Å². The van der Waals surface area contributed by atoms with Gasteiger partial charge in [0.05, 0.1) is 18.3 Å². The van der Waals surface area contributed by atoms with E-state index in [2.05, 4.69) is 11.3 Å². The Morgan fingerprint density at radius 2 is 1.77 bits per heavy atom. The molecule has 0 amide bonds. The van der Waals surface area contributed by atoms with Crippen molar-refractivity contribution in [1.82, 2.24) is 4.75 Å². The van der Waals surface area contributed by atoms with Crippen molar-refractivity contribution in [2.45, 2.75) is 26.1 Å². The van der Waals surface area contributed by atoms with E-state index < -0.39 is 28.0 Å². The minimum absolute atomic E-state index is 0.0477. The molecule has 1 N–H and O–H groups in total. The summed E-state index contributed by atoms with van der Waals surface area (Å²) in [6.45, 7) is 7.61. The quantitative estimate of drug-likeness (QED) is 0.132. The molecule has 0 aliphatic rings. The summed E-state index contributed by atoms with van der Waals surface area (Å²) >= 11 is 0. The van der Waals surface area contributed by atoms with Gasteiger partial charge in [-0.1, -0.05) is 62.0 Å². The summed E-state index contributed by atoms with van der Waals surface area (Å²) in [6.07, 6.45) is 2.26. The van der Waals surface area contributed by atoms with Gasteiger partial charge in [-0.2, -0.15) is 0 Å². The highest BCUT2D eigenvalue weighted by Crippen LogP contribution is 2.47. The van der Waals surface area contributed by atoms with Crippen molar-refractivity contribution in [3.05, 3.63) is 90.5 Å². The summed E-state index contributed by atoms with van der Waals surface area (Å²) in [5.41, 5.74) is 0.753. The van der Waals surface area contributed by atoms with Crippen LogP contribution in [0.15, 0.2) is 79.4 Å². The van der Waals surface area contributed by atoms with Crippen molar-refractivity contribution >= 4 is 38.8 Å². The molecule has 0 bridgehead atoms. The van der Waals surface area contributed by atoms with Crippen molar-refractivity contribution < 1.29 is 28.2 Å². The number of hydrogen-bond acceptors (Lipinski definition) is 6. The van der Waals surface area contributed by atoms with Crippen LogP contribution in [0, 0.1) is 0 Å². The van der Waals surface area contributed by atoms with Crippen molar-refractivity contribution in [2.75, 3.05) is 13.2 Å². The lowest BCUT2D eigenvalue weighted by molar-refractivity contribution is 0.0550. The van der Waals surface area contributed by atoms with E-state index in [1.807, 2.05) is 37.3 Å². The lowest BCUT2D eigenvalue weighted by Crippen LogP contribution is -2.39. The monoisotopic (exact) mass is 510 g/mol. The molecule has 1 radical (unpaired) electrons. The zero-order valence-electron chi connectivity index (χ0n) is 19.9. The van der Waals surface area contributed by atoms with Gasteiger partial charge in [0.1, 0.15) is 12.4 Å². The zero-order chi connectivity index (χ0) is 25.3. The molecule has 0 aliphatic carbocycles. The number of esters is 1. The van der Waals surface area contributed by atoms with Crippen LogP contribution in [0.25, 0.3) is 10.8 Å². The Morgan fingerprint density at radius 3 is 2.49 bits per heavy atom. The molecule has 0 fully saturated rings. The van der Waals surface area contributed by atoms with Crippen molar-refractivity contribution in [3.8, 4) is 5.75 Å². The van der Waals surface area contributed by atoms with E-state index in [0.717, 1.165) is 16.3 Å². The highest BCUT2D eigenvalue weighted by molar-refractivity contribution is 7.58. The summed E-state index contributed by atoms with van der Waals surface area (Å²) in [6, 6.07) is 19.7. The molecule has 0 aliphatic heterocycles. The van der Waals surface area contributed by atoms with Gasteiger partial charge >= 0.3 is 13.5 Å². The van der Waals surface area contributed by atoms with Crippen molar-refractivity contribution in [2.24, 2.45) is 0 Å². The molecule has 0 saturated heterocycles. The number of carbonyl (C=O) groups excluding carboxylic acids is 2. The Balaban J connectivity index is 1.88. The molecule has 3 aromatic carbocycles. The number of hydrogen-bond donors (Lipinski definition) is 1. The van der Waals surface area contributed by atoms with Gasteiger partial charge < -0.3 is 14.0 Å². The predicted molar refractivity (Wildman–Crippen MR) is 139 cm³/mol. The van der Waals surface area contributed by atoms with Crippen LogP contribution >= 0.6 is 7.52 Å². The van der Waals surface area contributed by atoms with Crippen LogP contribution < -0.4 is 9.28 Å². The van der Waals surface area contributed by atoms with Crippen LogP contribution in [0.3, 0.4) is 0 Å². The Hall–Kier alpha value is -3.19. The molecule has 35 heavy (non-hydrogen) atoms. The summed E-state index contributed by atoms with van der Waals surface area (Å²) in [5, 5.41) is 1.72. The standard InChI is InChI=1S/C26H29NO6PSi/c1-4-15-31-25(28)22-14-13-21-12-11-20(17-23(21)18-22)19-34(30,33-24-9-7-6-8-10-24)27-35(3)26(29)32-16-5-2/h4,6-14,17-18H,1,5,15-16,19H2,2-3H3,(H,27,30). The highest BCUT2D eigenvalue weighted by atomic mass is 31.2. The first-order chi connectivity index (χ1) is 16.8.